The fourth-order valence-electron chi connectivity index (χ4n) is 3.32. The van der Waals surface area contributed by atoms with Crippen LogP contribution in [-0.4, -0.2) is 32.0 Å². The Morgan fingerprint density at radius 1 is 1.19 bits per heavy atom. The van der Waals surface area contributed by atoms with E-state index in [1.807, 2.05) is 18.2 Å². The van der Waals surface area contributed by atoms with E-state index in [1.54, 1.807) is 7.05 Å². The smallest absolute Gasteiger partial charge is 0.225 e. The third-order valence-electron chi connectivity index (χ3n) is 4.63. The van der Waals surface area contributed by atoms with Crippen LogP contribution >= 0.6 is 24.0 Å². The topological polar surface area (TPSA) is 65.5 Å². The lowest BCUT2D eigenvalue weighted by Crippen LogP contribution is -2.41. The Labute approximate surface area is 178 Å². The zero-order valence-electron chi connectivity index (χ0n) is 15.8. The molecule has 2 aromatic carbocycles. The van der Waals surface area contributed by atoms with Crippen LogP contribution in [0.2, 0.25) is 0 Å². The first-order valence-corrected chi connectivity index (χ1v) is 9.04. The Hall–Kier alpha value is -2.09. The zero-order chi connectivity index (χ0) is 18.4. The quantitative estimate of drug-likeness (QED) is 0.351. The highest BCUT2D eigenvalue weighted by molar-refractivity contribution is 14.0. The molecule has 6 heteroatoms. The molecule has 1 aliphatic heterocycles. The van der Waals surface area contributed by atoms with E-state index < -0.39 is 0 Å². The average Bonchev–Trinajstić information content (AvgIpc) is 2.64. The fourth-order valence-corrected chi connectivity index (χ4v) is 3.32. The highest BCUT2D eigenvalue weighted by Crippen LogP contribution is 2.31. The van der Waals surface area contributed by atoms with Crippen LogP contribution < -0.4 is 16.0 Å². The van der Waals surface area contributed by atoms with Crippen LogP contribution in [0, 0.1) is 6.92 Å². The summed E-state index contributed by atoms with van der Waals surface area (Å²) in [5, 5.41) is 9.64. The largest absolute Gasteiger partial charge is 0.356 e. The van der Waals surface area contributed by atoms with Gasteiger partial charge in [-0.15, -0.1) is 24.0 Å². The van der Waals surface area contributed by atoms with E-state index >= 15 is 0 Å². The molecule has 3 rings (SSSR count). The van der Waals surface area contributed by atoms with E-state index in [9.17, 15) is 4.79 Å². The third kappa shape index (κ3) is 5.95. The minimum absolute atomic E-state index is 0. The van der Waals surface area contributed by atoms with Gasteiger partial charge in [-0.3, -0.25) is 9.79 Å². The van der Waals surface area contributed by atoms with E-state index in [0.717, 1.165) is 24.6 Å². The van der Waals surface area contributed by atoms with Crippen LogP contribution in [0.1, 0.15) is 29.0 Å². The molecule has 3 N–H and O–H groups in total. The molecule has 0 saturated carbocycles. The summed E-state index contributed by atoms with van der Waals surface area (Å²) in [5.41, 5.74) is 4.68. The standard InChI is InChI=1S/C21H26N4O.HI/c1-15-6-5-7-16(12-15)10-11-23-21(22-2)24-14-17-13-20(26)25-19-9-4-3-8-18(17)19;/h3-9,12,17H,10-11,13-14H2,1-2H3,(H,25,26)(H2,22,23,24);1H. The lowest BCUT2D eigenvalue weighted by Gasteiger charge is -2.26. The second-order valence-corrected chi connectivity index (χ2v) is 6.66. The van der Waals surface area contributed by atoms with E-state index in [0.29, 0.717) is 13.0 Å². The predicted molar refractivity (Wildman–Crippen MR) is 122 cm³/mol. The lowest BCUT2D eigenvalue weighted by atomic mass is 9.90. The Morgan fingerprint density at radius 3 is 2.78 bits per heavy atom. The van der Waals surface area contributed by atoms with Gasteiger partial charge in [0.15, 0.2) is 5.96 Å². The van der Waals surface area contributed by atoms with Crippen molar-refractivity contribution in [2.75, 3.05) is 25.5 Å². The first-order chi connectivity index (χ1) is 12.7. The van der Waals surface area contributed by atoms with Gasteiger partial charge in [0.05, 0.1) is 0 Å². The highest BCUT2D eigenvalue weighted by Gasteiger charge is 2.24. The number of hydrogen-bond donors (Lipinski definition) is 3. The molecular weight excluding hydrogens is 451 g/mol. The molecule has 0 spiro atoms. The Morgan fingerprint density at radius 2 is 2.00 bits per heavy atom. The van der Waals surface area contributed by atoms with Crippen molar-refractivity contribution in [2.45, 2.75) is 25.7 Å². The number of hydrogen-bond acceptors (Lipinski definition) is 2. The number of anilines is 1. The number of carbonyl (C=O) groups excluding carboxylic acids is 1. The Kier molecular flexibility index (Phi) is 8.09. The number of carbonyl (C=O) groups is 1. The van der Waals surface area contributed by atoms with Crippen molar-refractivity contribution in [3.05, 3.63) is 65.2 Å². The van der Waals surface area contributed by atoms with Crippen molar-refractivity contribution in [2.24, 2.45) is 4.99 Å². The third-order valence-corrected chi connectivity index (χ3v) is 4.63. The lowest BCUT2D eigenvalue weighted by molar-refractivity contribution is -0.116. The molecule has 1 amide bonds. The van der Waals surface area contributed by atoms with Crippen LogP contribution in [0.3, 0.4) is 0 Å². The molecule has 0 aromatic heterocycles. The summed E-state index contributed by atoms with van der Waals surface area (Å²) in [6, 6.07) is 16.5. The van der Waals surface area contributed by atoms with Gasteiger partial charge in [-0.1, -0.05) is 48.0 Å². The number of halogens is 1. The van der Waals surface area contributed by atoms with E-state index in [-0.39, 0.29) is 35.8 Å². The van der Waals surface area contributed by atoms with Gasteiger partial charge in [-0.25, -0.2) is 0 Å². The van der Waals surface area contributed by atoms with Crippen molar-refractivity contribution in [3.8, 4) is 0 Å². The Bertz CT molecular complexity index is 806. The normalized spacial score (nSPS) is 16.0. The van der Waals surface area contributed by atoms with Gasteiger partial charge in [0.2, 0.25) is 5.91 Å². The second-order valence-electron chi connectivity index (χ2n) is 6.66. The minimum Gasteiger partial charge on any atom is -0.356 e. The molecule has 1 aliphatic rings. The van der Waals surface area contributed by atoms with Gasteiger partial charge in [0.25, 0.3) is 0 Å². The van der Waals surface area contributed by atoms with Crippen LogP contribution in [0.15, 0.2) is 53.5 Å². The molecule has 5 nitrogen and oxygen atoms in total. The summed E-state index contributed by atoms with van der Waals surface area (Å²) in [6.45, 7) is 3.59. The number of benzene rings is 2. The summed E-state index contributed by atoms with van der Waals surface area (Å²) in [7, 11) is 1.77. The number of aliphatic imine (C=N–C) groups is 1. The summed E-state index contributed by atoms with van der Waals surface area (Å²) < 4.78 is 0. The van der Waals surface area contributed by atoms with Crippen molar-refractivity contribution in [3.63, 3.8) is 0 Å². The maximum atomic E-state index is 11.9. The molecule has 144 valence electrons. The minimum atomic E-state index is 0. The molecular formula is C21H27IN4O. The summed E-state index contributed by atoms with van der Waals surface area (Å²) in [6.07, 6.45) is 1.43. The van der Waals surface area contributed by atoms with Gasteiger partial charge in [-0.05, 0) is 30.5 Å². The van der Waals surface area contributed by atoms with Gasteiger partial charge in [-0.2, -0.15) is 0 Å². The number of fused-ring (bicyclic) bond motifs is 1. The van der Waals surface area contributed by atoms with E-state index in [2.05, 4.69) is 58.2 Å². The van der Waals surface area contributed by atoms with E-state index in [4.69, 9.17) is 0 Å². The number of rotatable bonds is 5. The van der Waals surface area contributed by atoms with Gasteiger partial charge >= 0.3 is 0 Å². The highest BCUT2D eigenvalue weighted by atomic mass is 127. The van der Waals surface area contributed by atoms with Crippen molar-refractivity contribution >= 4 is 41.5 Å². The number of aryl methyl sites for hydroxylation is 1. The molecule has 27 heavy (non-hydrogen) atoms. The molecule has 0 radical (unpaired) electrons. The maximum Gasteiger partial charge on any atom is 0.225 e. The average molecular weight is 478 g/mol. The molecule has 2 aromatic rings. The molecule has 1 atom stereocenters. The van der Waals surface area contributed by atoms with Crippen molar-refractivity contribution < 1.29 is 4.79 Å². The summed E-state index contributed by atoms with van der Waals surface area (Å²) in [5.74, 6) is 0.981. The molecule has 0 aliphatic carbocycles. The summed E-state index contributed by atoms with van der Waals surface area (Å²) >= 11 is 0. The van der Waals surface area contributed by atoms with E-state index in [1.165, 1.54) is 16.7 Å². The van der Waals surface area contributed by atoms with Crippen LogP contribution in [0.5, 0.6) is 0 Å². The number of nitrogens with one attached hydrogen (secondary N) is 3. The van der Waals surface area contributed by atoms with Crippen LogP contribution in [0.4, 0.5) is 5.69 Å². The van der Waals surface area contributed by atoms with Crippen molar-refractivity contribution in [1.82, 2.24) is 10.6 Å². The number of guanidine groups is 1. The molecule has 1 heterocycles. The number of nitrogens with zero attached hydrogens (tertiary/aromatic N) is 1. The fraction of sp³-hybridized carbons (Fsp3) is 0.333. The molecule has 0 fully saturated rings. The molecule has 1 unspecified atom stereocenters. The van der Waals surface area contributed by atoms with Crippen LogP contribution in [-0.2, 0) is 11.2 Å². The van der Waals surface area contributed by atoms with Crippen molar-refractivity contribution in [1.29, 1.82) is 0 Å². The summed E-state index contributed by atoms with van der Waals surface area (Å²) in [4.78, 5) is 16.2. The SMILES string of the molecule is CN=C(NCCc1cccc(C)c1)NCC1CC(=O)Nc2ccccc21.I. The number of para-hydroxylation sites is 1. The molecule has 0 saturated heterocycles. The zero-order valence-corrected chi connectivity index (χ0v) is 18.1. The second kappa shape index (κ2) is 10.3. The number of amides is 1. The predicted octanol–water partition coefficient (Wildman–Crippen LogP) is 3.45. The first kappa shape index (κ1) is 21.2. The van der Waals surface area contributed by atoms with Gasteiger partial charge in [0, 0.05) is 38.2 Å². The molecule has 0 bridgehead atoms. The van der Waals surface area contributed by atoms with Gasteiger partial charge in [0.1, 0.15) is 0 Å². The first-order valence-electron chi connectivity index (χ1n) is 9.04. The maximum absolute atomic E-state index is 11.9. The van der Waals surface area contributed by atoms with Crippen LogP contribution in [0.25, 0.3) is 0 Å². The monoisotopic (exact) mass is 478 g/mol. The Balaban J connectivity index is 0.00000261. The van der Waals surface area contributed by atoms with Gasteiger partial charge < -0.3 is 16.0 Å².